The van der Waals surface area contributed by atoms with Crippen LogP contribution < -0.4 is 14.2 Å². The molecule has 0 aliphatic carbocycles. The first-order chi connectivity index (χ1) is 14.7. The van der Waals surface area contributed by atoms with Crippen LogP contribution in [-0.2, 0) is 6.42 Å². The van der Waals surface area contributed by atoms with Crippen molar-refractivity contribution in [2.24, 2.45) is 0 Å². The third-order valence-electron chi connectivity index (χ3n) is 4.63. The van der Waals surface area contributed by atoms with Crippen molar-refractivity contribution in [3.8, 4) is 28.7 Å². The number of aromatic amines is 1. The summed E-state index contributed by atoms with van der Waals surface area (Å²) in [6, 6.07) is 23.2. The Morgan fingerprint density at radius 2 is 1.57 bits per heavy atom. The molecule has 0 atom stereocenters. The van der Waals surface area contributed by atoms with E-state index in [4.69, 9.17) is 26.4 Å². The molecule has 0 radical (unpaired) electrons. The van der Waals surface area contributed by atoms with Gasteiger partial charge in [-0.15, -0.1) is 0 Å². The number of methoxy groups -OCH3 is 2. The van der Waals surface area contributed by atoms with Crippen molar-refractivity contribution in [2.75, 3.05) is 14.2 Å². The minimum Gasteiger partial charge on any atom is -0.493 e. The average Bonchev–Trinajstić information content (AvgIpc) is 3.14. The summed E-state index contributed by atoms with van der Waals surface area (Å²) in [5, 5.41) is 7.31. The molecule has 0 fully saturated rings. The van der Waals surface area contributed by atoms with Crippen LogP contribution in [-0.4, -0.2) is 29.0 Å². The first-order valence-electron chi connectivity index (χ1n) is 9.38. The van der Waals surface area contributed by atoms with E-state index in [2.05, 4.69) is 10.2 Å². The van der Waals surface area contributed by atoms with E-state index in [-0.39, 0.29) is 0 Å². The normalized spacial score (nSPS) is 10.6. The van der Waals surface area contributed by atoms with Gasteiger partial charge >= 0.3 is 0 Å². The van der Waals surface area contributed by atoms with E-state index < -0.39 is 0 Å². The van der Waals surface area contributed by atoms with Crippen molar-refractivity contribution in [1.29, 1.82) is 0 Å². The van der Waals surface area contributed by atoms with Crippen molar-refractivity contribution in [1.82, 2.24) is 14.8 Å². The van der Waals surface area contributed by atoms with Crippen LogP contribution in [0.3, 0.4) is 0 Å². The van der Waals surface area contributed by atoms with Crippen molar-refractivity contribution in [3.63, 3.8) is 0 Å². The van der Waals surface area contributed by atoms with Crippen LogP contribution in [0, 0.1) is 4.77 Å². The minimum absolute atomic E-state index is 0.530. The quantitative estimate of drug-likeness (QED) is 0.410. The molecule has 0 saturated heterocycles. The van der Waals surface area contributed by atoms with Crippen LogP contribution in [0.25, 0.3) is 5.69 Å². The number of hydrogen-bond acceptors (Lipinski definition) is 5. The van der Waals surface area contributed by atoms with Crippen LogP contribution in [0.5, 0.6) is 23.0 Å². The fourth-order valence-corrected chi connectivity index (χ4v) is 3.43. The number of para-hydroxylation sites is 1. The molecule has 4 rings (SSSR count). The van der Waals surface area contributed by atoms with Gasteiger partial charge in [-0.25, -0.2) is 0 Å². The Labute approximate surface area is 179 Å². The molecule has 3 aromatic carbocycles. The van der Waals surface area contributed by atoms with Gasteiger partial charge in [0.25, 0.3) is 0 Å². The zero-order valence-electron chi connectivity index (χ0n) is 16.7. The average molecular weight is 420 g/mol. The predicted octanol–water partition coefficient (Wildman–Crippen LogP) is 5.33. The van der Waals surface area contributed by atoms with Gasteiger partial charge in [0.2, 0.25) is 0 Å². The standard InChI is InChI=1S/C23H21N3O3S/c1-27-20-13-8-16(14-21(20)28-2)15-22-24-25-23(30)26(22)17-9-11-19(12-10-17)29-18-6-4-3-5-7-18/h3-14H,15H2,1-2H3,(H,25,30). The largest absolute Gasteiger partial charge is 0.493 e. The summed E-state index contributed by atoms with van der Waals surface area (Å²) in [7, 11) is 3.24. The van der Waals surface area contributed by atoms with E-state index >= 15 is 0 Å². The Morgan fingerprint density at radius 1 is 0.867 bits per heavy atom. The smallest absolute Gasteiger partial charge is 0.199 e. The molecule has 30 heavy (non-hydrogen) atoms. The van der Waals surface area contributed by atoms with Crippen LogP contribution in [0.1, 0.15) is 11.4 Å². The summed E-state index contributed by atoms with van der Waals surface area (Å²) in [5.41, 5.74) is 1.94. The lowest BCUT2D eigenvalue weighted by molar-refractivity contribution is 0.354. The highest BCUT2D eigenvalue weighted by atomic mass is 32.1. The summed E-state index contributed by atoms with van der Waals surface area (Å²) in [5.74, 6) is 3.71. The lowest BCUT2D eigenvalue weighted by atomic mass is 10.1. The molecule has 0 spiro atoms. The van der Waals surface area contributed by atoms with Gasteiger partial charge in [-0.2, -0.15) is 5.10 Å². The molecule has 0 aliphatic heterocycles. The molecule has 0 unspecified atom stereocenters. The number of rotatable bonds is 7. The topological polar surface area (TPSA) is 61.3 Å². The van der Waals surface area contributed by atoms with Gasteiger partial charge in [-0.3, -0.25) is 9.67 Å². The van der Waals surface area contributed by atoms with E-state index in [1.807, 2.05) is 77.4 Å². The van der Waals surface area contributed by atoms with Crippen LogP contribution >= 0.6 is 12.2 Å². The first-order valence-corrected chi connectivity index (χ1v) is 9.79. The number of benzene rings is 3. The predicted molar refractivity (Wildman–Crippen MR) is 118 cm³/mol. The Balaban J connectivity index is 1.59. The van der Waals surface area contributed by atoms with Crippen molar-refractivity contribution in [2.45, 2.75) is 6.42 Å². The van der Waals surface area contributed by atoms with E-state index in [0.717, 1.165) is 28.6 Å². The van der Waals surface area contributed by atoms with Gasteiger partial charge in [0.1, 0.15) is 17.3 Å². The summed E-state index contributed by atoms with van der Waals surface area (Å²) in [4.78, 5) is 0. The molecule has 0 aliphatic rings. The van der Waals surface area contributed by atoms with Gasteiger partial charge in [0.05, 0.1) is 14.2 Å². The molecule has 7 heteroatoms. The van der Waals surface area contributed by atoms with Crippen LogP contribution in [0.4, 0.5) is 0 Å². The van der Waals surface area contributed by atoms with E-state index in [0.29, 0.717) is 22.7 Å². The molecule has 0 bridgehead atoms. The Morgan fingerprint density at radius 3 is 2.27 bits per heavy atom. The van der Waals surface area contributed by atoms with Crippen molar-refractivity contribution < 1.29 is 14.2 Å². The molecular weight excluding hydrogens is 398 g/mol. The summed E-state index contributed by atoms with van der Waals surface area (Å²) >= 11 is 5.47. The number of nitrogens with one attached hydrogen (secondary N) is 1. The Kier molecular flexibility index (Phi) is 5.81. The van der Waals surface area contributed by atoms with Gasteiger partial charge in [0, 0.05) is 12.1 Å². The summed E-state index contributed by atoms with van der Waals surface area (Å²) < 4.78 is 19.0. The maximum atomic E-state index is 5.87. The molecule has 4 aromatic rings. The second kappa shape index (κ2) is 8.84. The van der Waals surface area contributed by atoms with Crippen LogP contribution in [0.2, 0.25) is 0 Å². The van der Waals surface area contributed by atoms with Crippen molar-refractivity contribution in [3.05, 3.63) is 89.0 Å². The first kappa shape index (κ1) is 19.7. The lowest BCUT2D eigenvalue weighted by Crippen LogP contribution is -2.03. The monoisotopic (exact) mass is 419 g/mol. The highest BCUT2D eigenvalue weighted by Crippen LogP contribution is 2.29. The number of aromatic nitrogens is 3. The molecule has 6 nitrogen and oxygen atoms in total. The summed E-state index contributed by atoms with van der Waals surface area (Å²) in [6.45, 7) is 0. The SMILES string of the molecule is COc1ccc(Cc2n[nH]c(=S)n2-c2ccc(Oc3ccccc3)cc2)cc1OC. The van der Waals surface area contributed by atoms with Crippen molar-refractivity contribution >= 4 is 12.2 Å². The summed E-state index contributed by atoms with van der Waals surface area (Å²) in [6.07, 6.45) is 0.579. The van der Waals surface area contributed by atoms with E-state index in [9.17, 15) is 0 Å². The molecular formula is C23H21N3O3S. The second-order valence-electron chi connectivity index (χ2n) is 6.56. The molecule has 0 saturated carbocycles. The Bertz CT molecular complexity index is 1180. The number of ether oxygens (including phenoxy) is 3. The maximum absolute atomic E-state index is 5.87. The second-order valence-corrected chi connectivity index (χ2v) is 6.94. The van der Waals surface area contributed by atoms with Gasteiger partial charge in [-0.1, -0.05) is 24.3 Å². The molecule has 1 aromatic heterocycles. The zero-order chi connectivity index (χ0) is 20.9. The lowest BCUT2D eigenvalue weighted by Gasteiger charge is -2.11. The van der Waals surface area contributed by atoms with Gasteiger partial charge < -0.3 is 14.2 Å². The van der Waals surface area contributed by atoms with Gasteiger partial charge in [-0.05, 0) is 66.3 Å². The highest BCUT2D eigenvalue weighted by molar-refractivity contribution is 7.71. The maximum Gasteiger partial charge on any atom is 0.199 e. The number of nitrogens with zero attached hydrogens (tertiary/aromatic N) is 2. The van der Waals surface area contributed by atoms with Crippen LogP contribution in [0.15, 0.2) is 72.8 Å². The molecule has 0 amide bonds. The third kappa shape index (κ3) is 4.21. The molecule has 152 valence electrons. The minimum atomic E-state index is 0.530. The zero-order valence-corrected chi connectivity index (χ0v) is 17.5. The molecule has 1 N–H and O–H groups in total. The number of H-pyrrole nitrogens is 1. The van der Waals surface area contributed by atoms with Gasteiger partial charge in [0.15, 0.2) is 16.3 Å². The fourth-order valence-electron chi connectivity index (χ4n) is 3.18. The third-order valence-corrected chi connectivity index (χ3v) is 4.90. The highest BCUT2D eigenvalue weighted by Gasteiger charge is 2.12. The Hall–Kier alpha value is -3.58. The number of hydrogen-bond donors (Lipinski definition) is 1. The fraction of sp³-hybridized carbons (Fsp3) is 0.130. The van der Waals surface area contributed by atoms with E-state index in [1.54, 1.807) is 14.2 Å². The van der Waals surface area contributed by atoms with E-state index in [1.165, 1.54) is 0 Å². The molecule has 1 heterocycles.